The molecule has 0 radical (unpaired) electrons. The second kappa shape index (κ2) is 13.4. The van der Waals surface area contributed by atoms with Crippen LogP contribution in [0.15, 0.2) is 83.8 Å². The maximum atomic E-state index is 13.8. The topological polar surface area (TPSA) is 86.8 Å². The second-order valence-corrected chi connectivity index (χ2v) is 11.4. The lowest BCUT2D eigenvalue weighted by atomic mass is 10.1. The summed E-state index contributed by atoms with van der Waals surface area (Å²) in [6, 6.07) is 21.2. The van der Waals surface area contributed by atoms with Crippen LogP contribution in [0.2, 0.25) is 5.02 Å². The summed E-state index contributed by atoms with van der Waals surface area (Å²) >= 11 is 5.98. The number of rotatable bonds is 12. The van der Waals surface area contributed by atoms with Gasteiger partial charge in [0.25, 0.3) is 10.0 Å². The summed E-state index contributed by atoms with van der Waals surface area (Å²) in [7, 11) is -4.12. The van der Waals surface area contributed by atoms with Crippen molar-refractivity contribution in [3.05, 3.63) is 95.0 Å². The zero-order chi connectivity index (χ0) is 27.7. The number of unbranched alkanes of at least 4 members (excludes halogenated alkanes) is 1. The average Bonchev–Trinajstić information content (AvgIpc) is 2.91. The van der Waals surface area contributed by atoms with Gasteiger partial charge in [0.15, 0.2) is 0 Å². The summed E-state index contributed by atoms with van der Waals surface area (Å²) in [6.45, 7) is 5.77. The standard InChI is InChI=1S/C29H34ClN3O4S/c1-4-5-19-31-29(35)23(3)32(20-24-9-7-6-8-10-24)28(34)21-33(26-15-11-22(2)12-16-26)38(36,37)27-17-13-25(30)14-18-27/h6-18,23H,4-5,19-21H2,1-3H3,(H,31,35)/t23-/m1/s1. The molecule has 0 heterocycles. The molecule has 3 rings (SSSR count). The van der Waals surface area contributed by atoms with Gasteiger partial charge in [0, 0.05) is 18.1 Å². The minimum Gasteiger partial charge on any atom is -0.354 e. The lowest BCUT2D eigenvalue weighted by molar-refractivity contribution is -0.139. The number of nitrogens with one attached hydrogen (secondary N) is 1. The quantitative estimate of drug-likeness (QED) is 0.312. The van der Waals surface area contributed by atoms with Crippen molar-refractivity contribution in [2.24, 2.45) is 0 Å². The molecule has 2 amide bonds. The first-order valence-corrected chi connectivity index (χ1v) is 14.4. The predicted molar refractivity (Wildman–Crippen MR) is 152 cm³/mol. The van der Waals surface area contributed by atoms with Crippen LogP contribution in [-0.4, -0.2) is 44.3 Å². The smallest absolute Gasteiger partial charge is 0.264 e. The van der Waals surface area contributed by atoms with Crippen LogP contribution >= 0.6 is 11.6 Å². The molecule has 0 aliphatic carbocycles. The van der Waals surface area contributed by atoms with Crippen molar-refractivity contribution < 1.29 is 18.0 Å². The highest BCUT2D eigenvalue weighted by Gasteiger charge is 2.32. The highest BCUT2D eigenvalue weighted by atomic mass is 35.5. The fraction of sp³-hybridized carbons (Fsp3) is 0.310. The normalized spacial score (nSPS) is 12.0. The molecule has 0 saturated heterocycles. The fourth-order valence-electron chi connectivity index (χ4n) is 3.87. The number of benzene rings is 3. The van der Waals surface area contributed by atoms with E-state index in [2.05, 4.69) is 5.32 Å². The number of carbonyl (C=O) groups is 2. The van der Waals surface area contributed by atoms with Gasteiger partial charge in [0.2, 0.25) is 11.8 Å². The van der Waals surface area contributed by atoms with Crippen LogP contribution in [0.5, 0.6) is 0 Å². The van der Waals surface area contributed by atoms with Gasteiger partial charge < -0.3 is 10.2 Å². The Bertz CT molecular complexity index is 1310. The van der Waals surface area contributed by atoms with E-state index in [4.69, 9.17) is 11.6 Å². The Hall–Kier alpha value is -3.36. The molecule has 3 aromatic rings. The number of sulfonamides is 1. The molecule has 0 spiro atoms. The third-order valence-electron chi connectivity index (χ3n) is 6.20. The maximum Gasteiger partial charge on any atom is 0.264 e. The summed E-state index contributed by atoms with van der Waals surface area (Å²) < 4.78 is 28.6. The van der Waals surface area contributed by atoms with Crippen LogP contribution in [0.4, 0.5) is 5.69 Å². The van der Waals surface area contributed by atoms with Gasteiger partial charge >= 0.3 is 0 Å². The molecular formula is C29H34ClN3O4S. The third kappa shape index (κ3) is 7.58. The number of hydrogen-bond acceptors (Lipinski definition) is 4. The molecule has 0 fully saturated rings. The number of amides is 2. The molecule has 202 valence electrons. The van der Waals surface area contributed by atoms with Crippen molar-refractivity contribution in [2.75, 3.05) is 17.4 Å². The maximum absolute atomic E-state index is 13.8. The SMILES string of the molecule is CCCCNC(=O)[C@@H](C)N(Cc1ccccc1)C(=O)CN(c1ccc(C)cc1)S(=O)(=O)c1ccc(Cl)cc1. The molecule has 3 aromatic carbocycles. The van der Waals surface area contributed by atoms with Crippen molar-refractivity contribution in [3.63, 3.8) is 0 Å². The second-order valence-electron chi connectivity index (χ2n) is 9.13. The van der Waals surface area contributed by atoms with Crippen molar-refractivity contribution in [1.29, 1.82) is 0 Å². The van der Waals surface area contributed by atoms with E-state index in [1.165, 1.54) is 29.2 Å². The molecule has 1 atom stereocenters. The van der Waals surface area contributed by atoms with E-state index in [0.29, 0.717) is 17.3 Å². The van der Waals surface area contributed by atoms with Gasteiger partial charge in [-0.1, -0.05) is 73.0 Å². The van der Waals surface area contributed by atoms with Crippen molar-refractivity contribution >= 4 is 39.1 Å². The molecule has 0 bridgehead atoms. The largest absolute Gasteiger partial charge is 0.354 e. The first kappa shape index (κ1) is 29.2. The highest BCUT2D eigenvalue weighted by molar-refractivity contribution is 7.92. The number of hydrogen-bond donors (Lipinski definition) is 1. The van der Waals surface area contributed by atoms with E-state index in [0.717, 1.165) is 28.3 Å². The molecule has 38 heavy (non-hydrogen) atoms. The summed E-state index contributed by atoms with van der Waals surface area (Å²) in [5.41, 5.74) is 2.13. The number of carbonyl (C=O) groups excluding carboxylic acids is 2. The van der Waals surface area contributed by atoms with Crippen molar-refractivity contribution in [3.8, 4) is 0 Å². The van der Waals surface area contributed by atoms with E-state index in [1.54, 1.807) is 31.2 Å². The van der Waals surface area contributed by atoms with Crippen LogP contribution in [0, 0.1) is 6.92 Å². The Balaban J connectivity index is 1.97. The first-order chi connectivity index (χ1) is 18.1. The first-order valence-electron chi connectivity index (χ1n) is 12.6. The van der Waals surface area contributed by atoms with E-state index < -0.39 is 28.5 Å². The summed E-state index contributed by atoms with van der Waals surface area (Å²) in [5.74, 6) is -0.782. The van der Waals surface area contributed by atoms with E-state index in [1.807, 2.05) is 44.2 Å². The zero-order valence-electron chi connectivity index (χ0n) is 21.9. The lowest BCUT2D eigenvalue weighted by Gasteiger charge is -2.32. The summed E-state index contributed by atoms with van der Waals surface area (Å²) in [4.78, 5) is 28.2. The monoisotopic (exact) mass is 555 g/mol. The molecule has 0 saturated carbocycles. The molecule has 0 aromatic heterocycles. The minimum atomic E-state index is -4.12. The Morgan fingerprint density at radius 2 is 1.58 bits per heavy atom. The number of aryl methyl sites for hydroxylation is 1. The molecule has 0 aliphatic heterocycles. The van der Waals surface area contributed by atoms with Gasteiger partial charge in [0.1, 0.15) is 12.6 Å². The van der Waals surface area contributed by atoms with E-state index in [-0.39, 0.29) is 17.3 Å². The van der Waals surface area contributed by atoms with Gasteiger partial charge in [-0.15, -0.1) is 0 Å². The van der Waals surface area contributed by atoms with Crippen LogP contribution in [0.1, 0.15) is 37.8 Å². The number of halogens is 1. The fourth-order valence-corrected chi connectivity index (χ4v) is 5.41. The predicted octanol–water partition coefficient (Wildman–Crippen LogP) is 5.18. The van der Waals surface area contributed by atoms with Crippen LogP contribution in [0.3, 0.4) is 0 Å². The van der Waals surface area contributed by atoms with E-state index in [9.17, 15) is 18.0 Å². The Morgan fingerprint density at radius 1 is 0.947 bits per heavy atom. The number of nitrogens with zero attached hydrogens (tertiary/aromatic N) is 2. The molecule has 9 heteroatoms. The van der Waals surface area contributed by atoms with Crippen LogP contribution < -0.4 is 9.62 Å². The zero-order valence-corrected chi connectivity index (χ0v) is 23.5. The molecular weight excluding hydrogens is 522 g/mol. The summed E-state index contributed by atoms with van der Waals surface area (Å²) in [5, 5.41) is 3.28. The van der Waals surface area contributed by atoms with Crippen LogP contribution in [0.25, 0.3) is 0 Å². The van der Waals surface area contributed by atoms with Crippen molar-refractivity contribution in [1.82, 2.24) is 10.2 Å². The molecule has 0 aliphatic rings. The highest BCUT2D eigenvalue weighted by Crippen LogP contribution is 2.26. The van der Waals surface area contributed by atoms with Crippen LogP contribution in [-0.2, 0) is 26.2 Å². The van der Waals surface area contributed by atoms with Gasteiger partial charge in [-0.25, -0.2) is 8.42 Å². The molecule has 7 nitrogen and oxygen atoms in total. The van der Waals surface area contributed by atoms with Gasteiger partial charge in [-0.05, 0) is 62.2 Å². The van der Waals surface area contributed by atoms with Gasteiger partial charge in [-0.3, -0.25) is 13.9 Å². The third-order valence-corrected chi connectivity index (χ3v) is 8.24. The molecule has 1 N–H and O–H groups in total. The Kier molecular flexibility index (Phi) is 10.3. The minimum absolute atomic E-state index is 0.00948. The van der Waals surface area contributed by atoms with Gasteiger partial charge in [-0.2, -0.15) is 0 Å². The lowest BCUT2D eigenvalue weighted by Crippen LogP contribution is -2.51. The average molecular weight is 556 g/mol. The molecule has 0 unspecified atom stereocenters. The van der Waals surface area contributed by atoms with Gasteiger partial charge in [0.05, 0.1) is 10.6 Å². The number of anilines is 1. The Morgan fingerprint density at radius 3 is 2.18 bits per heavy atom. The summed E-state index contributed by atoms with van der Waals surface area (Å²) in [6.07, 6.45) is 1.75. The van der Waals surface area contributed by atoms with E-state index >= 15 is 0 Å². The Labute approximate surface area is 230 Å². The van der Waals surface area contributed by atoms with Crippen molar-refractivity contribution in [2.45, 2.75) is 51.1 Å².